The lowest BCUT2D eigenvalue weighted by molar-refractivity contribution is 0.102. The largest absolute Gasteiger partial charge is 0.378 e. The molecule has 0 saturated heterocycles. The summed E-state index contributed by atoms with van der Waals surface area (Å²) < 4.78 is 13.2. The fourth-order valence-electron chi connectivity index (χ4n) is 6.35. The standard InChI is InChI=1S/C27H25FN2O/c28-20-9-11-21(12-10-20)29-27(31)19-8-13-23-22(15-19)24-17-6-7-18(14-17)25(24)26(30-23)16-4-2-1-3-5-16/h1-5,8-13,15,17-18,24-26,30H,6-7,14H2,(H,29,31)/t17-,18-,24+,25+,26+/m0/s1. The van der Waals surface area contributed by atoms with Gasteiger partial charge in [0, 0.05) is 16.9 Å². The number of amides is 1. The lowest BCUT2D eigenvalue weighted by atomic mass is 9.68. The van der Waals surface area contributed by atoms with Crippen molar-refractivity contribution in [2.24, 2.45) is 17.8 Å². The predicted molar refractivity (Wildman–Crippen MR) is 121 cm³/mol. The van der Waals surface area contributed by atoms with Gasteiger partial charge in [-0.2, -0.15) is 0 Å². The summed E-state index contributed by atoms with van der Waals surface area (Å²) in [6, 6.07) is 23.0. The molecule has 0 radical (unpaired) electrons. The van der Waals surface area contributed by atoms with E-state index in [-0.39, 0.29) is 11.7 Å². The van der Waals surface area contributed by atoms with Gasteiger partial charge < -0.3 is 10.6 Å². The fourth-order valence-corrected chi connectivity index (χ4v) is 6.35. The minimum absolute atomic E-state index is 0.153. The van der Waals surface area contributed by atoms with Gasteiger partial charge >= 0.3 is 0 Å². The summed E-state index contributed by atoms with van der Waals surface area (Å²) in [6.45, 7) is 0. The van der Waals surface area contributed by atoms with Gasteiger partial charge in [-0.05, 0) is 96.5 Å². The summed E-state index contributed by atoms with van der Waals surface area (Å²) >= 11 is 0. The van der Waals surface area contributed by atoms with Crippen molar-refractivity contribution in [3.63, 3.8) is 0 Å². The second-order valence-electron chi connectivity index (χ2n) is 9.23. The maximum atomic E-state index is 13.2. The van der Waals surface area contributed by atoms with E-state index in [2.05, 4.69) is 53.1 Å². The van der Waals surface area contributed by atoms with E-state index < -0.39 is 0 Å². The summed E-state index contributed by atoms with van der Waals surface area (Å²) in [6.07, 6.45) is 3.90. The van der Waals surface area contributed by atoms with Crippen LogP contribution in [-0.4, -0.2) is 5.91 Å². The molecule has 5 atom stereocenters. The maximum absolute atomic E-state index is 13.2. The molecule has 4 heteroatoms. The highest BCUT2D eigenvalue weighted by molar-refractivity contribution is 6.04. The molecule has 1 amide bonds. The summed E-state index contributed by atoms with van der Waals surface area (Å²) in [5.41, 5.74) is 5.06. The van der Waals surface area contributed by atoms with Crippen molar-refractivity contribution in [3.05, 3.63) is 95.3 Å². The Balaban J connectivity index is 1.34. The lowest BCUT2D eigenvalue weighted by Crippen LogP contribution is -2.35. The molecule has 1 heterocycles. The van der Waals surface area contributed by atoms with Gasteiger partial charge in [0.05, 0.1) is 6.04 Å². The van der Waals surface area contributed by atoms with Gasteiger partial charge in [0.1, 0.15) is 5.82 Å². The van der Waals surface area contributed by atoms with Gasteiger partial charge in [0.2, 0.25) is 0 Å². The first-order chi connectivity index (χ1) is 15.2. The van der Waals surface area contributed by atoms with Crippen LogP contribution in [0, 0.1) is 23.6 Å². The van der Waals surface area contributed by atoms with Crippen molar-refractivity contribution in [2.75, 3.05) is 10.6 Å². The molecule has 156 valence electrons. The van der Waals surface area contributed by atoms with E-state index in [1.807, 2.05) is 6.07 Å². The SMILES string of the molecule is O=C(Nc1ccc(F)cc1)c1ccc2c(c1)[C@H]1[C@H]3CC[C@@H](C3)[C@H]1[C@@H](c1ccccc1)N2. The number of carbonyl (C=O) groups excluding carboxylic acids is 1. The molecule has 3 nitrogen and oxygen atoms in total. The van der Waals surface area contributed by atoms with E-state index in [0.29, 0.717) is 35.0 Å². The monoisotopic (exact) mass is 412 g/mol. The molecule has 0 unspecified atom stereocenters. The van der Waals surface area contributed by atoms with Crippen molar-refractivity contribution in [1.29, 1.82) is 0 Å². The first-order valence-corrected chi connectivity index (χ1v) is 11.2. The Morgan fingerprint density at radius 3 is 2.52 bits per heavy atom. The van der Waals surface area contributed by atoms with Gasteiger partial charge in [0.25, 0.3) is 5.91 Å². The Kier molecular flexibility index (Phi) is 4.34. The van der Waals surface area contributed by atoms with E-state index in [0.717, 1.165) is 11.6 Å². The number of rotatable bonds is 3. The zero-order valence-corrected chi connectivity index (χ0v) is 17.2. The molecule has 0 spiro atoms. The van der Waals surface area contributed by atoms with Crippen LogP contribution >= 0.6 is 0 Å². The number of anilines is 2. The number of carbonyl (C=O) groups is 1. The van der Waals surface area contributed by atoms with Crippen LogP contribution in [0.3, 0.4) is 0 Å². The summed E-state index contributed by atoms with van der Waals surface area (Å²) in [7, 11) is 0. The van der Waals surface area contributed by atoms with Crippen molar-refractivity contribution in [2.45, 2.75) is 31.2 Å². The Morgan fingerprint density at radius 1 is 0.935 bits per heavy atom. The molecule has 3 aromatic carbocycles. The van der Waals surface area contributed by atoms with E-state index in [9.17, 15) is 9.18 Å². The van der Waals surface area contributed by atoms with Gasteiger partial charge in [-0.25, -0.2) is 4.39 Å². The van der Waals surface area contributed by atoms with Gasteiger partial charge in [-0.15, -0.1) is 0 Å². The average Bonchev–Trinajstić information content (AvgIpc) is 3.43. The molecule has 3 aromatic rings. The minimum atomic E-state index is -0.312. The van der Waals surface area contributed by atoms with Crippen molar-refractivity contribution in [3.8, 4) is 0 Å². The molecule has 2 N–H and O–H groups in total. The number of hydrogen-bond donors (Lipinski definition) is 2. The number of halogens is 1. The van der Waals surface area contributed by atoms with Crippen LogP contribution in [0.25, 0.3) is 0 Å². The quantitative estimate of drug-likeness (QED) is 0.524. The summed E-state index contributed by atoms with van der Waals surface area (Å²) in [4.78, 5) is 12.9. The second kappa shape index (κ2) is 7.23. The van der Waals surface area contributed by atoms with Crippen LogP contribution in [0.2, 0.25) is 0 Å². The Labute approximate surface area is 181 Å². The smallest absolute Gasteiger partial charge is 0.255 e. The zero-order valence-electron chi connectivity index (χ0n) is 17.2. The van der Waals surface area contributed by atoms with Gasteiger partial charge in [-0.3, -0.25) is 4.79 Å². The summed E-state index contributed by atoms with van der Waals surface area (Å²) in [5, 5.41) is 6.71. The molecule has 2 aliphatic carbocycles. The lowest BCUT2D eigenvalue weighted by Gasteiger charge is -2.43. The topological polar surface area (TPSA) is 41.1 Å². The highest BCUT2D eigenvalue weighted by Crippen LogP contribution is 2.63. The number of fused-ring (bicyclic) bond motifs is 7. The zero-order chi connectivity index (χ0) is 20.9. The fraction of sp³-hybridized carbons (Fsp3) is 0.296. The van der Waals surface area contributed by atoms with E-state index in [1.165, 1.54) is 42.5 Å². The Bertz CT molecular complexity index is 1130. The highest BCUT2D eigenvalue weighted by atomic mass is 19.1. The van der Waals surface area contributed by atoms with Crippen LogP contribution in [0.1, 0.15) is 52.7 Å². The molecule has 2 saturated carbocycles. The van der Waals surface area contributed by atoms with Gasteiger partial charge in [-0.1, -0.05) is 30.3 Å². The van der Waals surface area contributed by atoms with Crippen LogP contribution in [0.15, 0.2) is 72.8 Å². The van der Waals surface area contributed by atoms with E-state index in [4.69, 9.17) is 0 Å². The number of benzene rings is 3. The highest BCUT2D eigenvalue weighted by Gasteiger charge is 2.53. The molecule has 0 aromatic heterocycles. The number of hydrogen-bond acceptors (Lipinski definition) is 2. The first kappa shape index (κ1) is 18.6. The molecular weight excluding hydrogens is 387 g/mol. The van der Waals surface area contributed by atoms with Crippen molar-refractivity contribution in [1.82, 2.24) is 0 Å². The molecule has 2 bridgehead atoms. The van der Waals surface area contributed by atoms with E-state index >= 15 is 0 Å². The van der Waals surface area contributed by atoms with E-state index in [1.54, 1.807) is 12.1 Å². The Hall–Kier alpha value is -3.14. The van der Waals surface area contributed by atoms with Crippen LogP contribution in [0.4, 0.5) is 15.8 Å². The normalized spacial score (nSPS) is 27.8. The molecule has 1 aliphatic heterocycles. The summed E-state index contributed by atoms with van der Waals surface area (Å²) in [5.74, 6) is 2.06. The number of nitrogens with one attached hydrogen (secondary N) is 2. The van der Waals surface area contributed by atoms with Crippen LogP contribution < -0.4 is 10.6 Å². The second-order valence-corrected chi connectivity index (χ2v) is 9.23. The third kappa shape index (κ3) is 3.13. The molecule has 3 aliphatic rings. The van der Waals surface area contributed by atoms with Gasteiger partial charge in [0.15, 0.2) is 0 Å². The minimum Gasteiger partial charge on any atom is -0.378 e. The van der Waals surface area contributed by atoms with Crippen LogP contribution in [-0.2, 0) is 0 Å². The third-order valence-electron chi connectivity index (χ3n) is 7.61. The molecule has 6 rings (SSSR count). The van der Waals surface area contributed by atoms with Crippen LogP contribution in [0.5, 0.6) is 0 Å². The predicted octanol–water partition coefficient (Wildman–Crippen LogP) is 6.37. The Morgan fingerprint density at radius 2 is 1.71 bits per heavy atom. The molecule has 2 fully saturated rings. The maximum Gasteiger partial charge on any atom is 0.255 e. The van der Waals surface area contributed by atoms with Crippen molar-refractivity contribution < 1.29 is 9.18 Å². The van der Waals surface area contributed by atoms with Crippen molar-refractivity contribution >= 4 is 17.3 Å². The third-order valence-corrected chi connectivity index (χ3v) is 7.61. The molecular formula is C27H25FN2O. The molecule has 31 heavy (non-hydrogen) atoms. The average molecular weight is 413 g/mol. The first-order valence-electron chi connectivity index (χ1n) is 11.2.